The van der Waals surface area contributed by atoms with E-state index >= 15 is 0 Å². The fourth-order valence-electron chi connectivity index (χ4n) is 3.79. The first-order valence-electron chi connectivity index (χ1n) is 10.4. The molecule has 3 aromatic rings. The molecule has 9 heteroatoms. The number of nitrogens with zero attached hydrogens (tertiary/aromatic N) is 3. The summed E-state index contributed by atoms with van der Waals surface area (Å²) < 4.78 is 12.6. The molecule has 168 valence electrons. The zero-order chi connectivity index (χ0) is 22.5. The molecule has 1 amide bonds. The van der Waals surface area contributed by atoms with Gasteiger partial charge in [0.05, 0.1) is 25.7 Å². The minimum Gasteiger partial charge on any atom is -0.497 e. The van der Waals surface area contributed by atoms with Crippen LogP contribution in [-0.2, 0) is 24.2 Å². The van der Waals surface area contributed by atoms with Gasteiger partial charge in [-0.3, -0.25) is 9.36 Å². The molecule has 1 aliphatic rings. The van der Waals surface area contributed by atoms with Gasteiger partial charge in [0.1, 0.15) is 11.5 Å². The molecule has 4 rings (SSSR count). The van der Waals surface area contributed by atoms with Crippen LogP contribution in [0.3, 0.4) is 0 Å². The largest absolute Gasteiger partial charge is 0.497 e. The molecule has 2 aromatic heterocycles. The Hall–Kier alpha value is -2.78. The van der Waals surface area contributed by atoms with Crippen molar-refractivity contribution in [1.29, 1.82) is 0 Å². The Morgan fingerprint density at radius 1 is 1.28 bits per heavy atom. The van der Waals surface area contributed by atoms with Gasteiger partial charge in [0, 0.05) is 28.4 Å². The lowest BCUT2D eigenvalue weighted by Crippen LogP contribution is -2.15. The molecule has 0 saturated carbocycles. The van der Waals surface area contributed by atoms with Crippen LogP contribution in [0.5, 0.6) is 11.5 Å². The van der Waals surface area contributed by atoms with Crippen LogP contribution in [0, 0.1) is 0 Å². The molecule has 0 bridgehead atoms. The van der Waals surface area contributed by atoms with Crippen molar-refractivity contribution >= 4 is 34.7 Å². The number of hydrogen-bond donors (Lipinski definition) is 1. The summed E-state index contributed by atoms with van der Waals surface area (Å²) in [6.07, 6.45) is 6.53. The number of aryl methyl sites for hydroxylation is 1. The van der Waals surface area contributed by atoms with Crippen LogP contribution in [0.4, 0.5) is 5.69 Å². The topological polar surface area (TPSA) is 78.3 Å². The maximum atomic E-state index is 12.6. The van der Waals surface area contributed by atoms with Gasteiger partial charge in [-0.15, -0.1) is 28.1 Å². The van der Waals surface area contributed by atoms with E-state index in [0.29, 0.717) is 28.9 Å². The highest BCUT2D eigenvalue weighted by Crippen LogP contribution is 2.37. The monoisotopic (exact) mass is 470 g/mol. The van der Waals surface area contributed by atoms with Crippen LogP contribution in [0.25, 0.3) is 11.4 Å². The molecule has 32 heavy (non-hydrogen) atoms. The molecular weight excluding hydrogens is 444 g/mol. The Morgan fingerprint density at radius 2 is 2.12 bits per heavy atom. The molecular formula is C23H26N4O3S2. The predicted molar refractivity (Wildman–Crippen MR) is 129 cm³/mol. The second-order valence-electron chi connectivity index (χ2n) is 7.37. The van der Waals surface area contributed by atoms with E-state index in [2.05, 4.69) is 27.5 Å². The van der Waals surface area contributed by atoms with Crippen molar-refractivity contribution in [2.45, 2.75) is 37.4 Å². The van der Waals surface area contributed by atoms with Crippen LogP contribution in [-0.4, -0.2) is 40.6 Å². The molecule has 0 aliphatic heterocycles. The number of fused-ring (bicyclic) bond motifs is 1. The Morgan fingerprint density at radius 3 is 2.91 bits per heavy atom. The van der Waals surface area contributed by atoms with E-state index in [1.54, 1.807) is 32.4 Å². The first kappa shape index (κ1) is 22.4. The van der Waals surface area contributed by atoms with Crippen molar-refractivity contribution in [3.05, 3.63) is 46.7 Å². The maximum Gasteiger partial charge on any atom is 0.234 e. The molecule has 1 aromatic carbocycles. The molecule has 0 atom stereocenters. The van der Waals surface area contributed by atoms with Crippen molar-refractivity contribution in [2.24, 2.45) is 0 Å². The highest BCUT2D eigenvalue weighted by atomic mass is 32.2. The Bertz CT molecular complexity index is 1120. The van der Waals surface area contributed by atoms with Crippen molar-refractivity contribution in [3.63, 3.8) is 0 Å². The Labute approximate surface area is 195 Å². The number of hydrogen-bond acceptors (Lipinski definition) is 7. The van der Waals surface area contributed by atoms with Gasteiger partial charge in [-0.1, -0.05) is 17.8 Å². The molecule has 1 aliphatic carbocycles. The number of nitrogens with one attached hydrogen (secondary N) is 1. The van der Waals surface area contributed by atoms with Crippen molar-refractivity contribution in [3.8, 4) is 22.9 Å². The number of methoxy groups -OCH3 is 2. The van der Waals surface area contributed by atoms with Gasteiger partial charge < -0.3 is 14.8 Å². The lowest BCUT2D eigenvalue weighted by molar-refractivity contribution is -0.113. The minimum atomic E-state index is -0.152. The number of aromatic nitrogens is 3. The van der Waals surface area contributed by atoms with Crippen LogP contribution in [0.2, 0.25) is 0 Å². The number of thioether (sulfide) groups is 1. The average Bonchev–Trinajstić information content (AvgIpc) is 3.42. The second-order valence-corrected chi connectivity index (χ2v) is 9.27. The highest BCUT2D eigenvalue weighted by Gasteiger charge is 2.22. The number of ether oxygens (including phenoxy) is 2. The number of amides is 1. The van der Waals surface area contributed by atoms with E-state index in [1.807, 2.05) is 22.0 Å². The summed E-state index contributed by atoms with van der Waals surface area (Å²) in [6, 6.07) is 5.27. The van der Waals surface area contributed by atoms with Crippen LogP contribution in [0.15, 0.2) is 41.4 Å². The maximum absolute atomic E-state index is 12.6. The average molecular weight is 471 g/mol. The SMILES string of the molecule is C=CCn1c(SCC(=O)Nc2ccc(OC)cc2OC)nnc1-c1csc2c1CCCC2. The summed E-state index contributed by atoms with van der Waals surface area (Å²) in [4.78, 5) is 14.1. The molecule has 0 unspecified atom stereocenters. The van der Waals surface area contributed by atoms with Gasteiger partial charge in [0.15, 0.2) is 11.0 Å². The van der Waals surface area contributed by atoms with Gasteiger partial charge in [-0.05, 0) is 43.4 Å². The first-order valence-corrected chi connectivity index (χ1v) is 12.3. The highest BCUT2D eigenvalue weighted by molar-refractivity contribution is 7.99. The second kappa shape index (κ2) is 10.2. The van der Waals surface area contributed by atoms with E-state index in [0.717, 1.165) is 18.7 Å². The smallest absolute Gasteiger partial charge is 0.234 e. The molecule has 2 heterocycles. The van der Waals surface area contributed by atoms with Crippen LogP contribution in [0.1, 0.15) is 23.3 Å². The van der Waals surface area contributed by atoms with E-state index in [1.165, 1.54) is 40.6 Å². The van der Waals surface area contributed by atoms with Gasteiger partial charge >= 0.3 is 0 Å². The normalized spacial score (nSPS) is 12.8. The van der Waals surface area contributed by atoms with Gasteiger partial charge in [-0.2, -0.15) is 0 Å². The van der Waals surface area contributed by atoms with Gasteiger partial charge in [0.2, 0.25) is 5.91 Å². The zero-order valence-corrected chi connectivity index (χ0v) is 19.9. The fourth-order valence-corrected chi connectivity index (χ4v) is 5.66. The number of anilines is 1. The molecule has 0 fully saturated rings. The lowest BCUT2D eigenvalue weighted by Gasteiger charge is -2.13. The summed E-state index contributed by atoms with van der Waals surface area (Å²) >= 11 is 3.17. The van der Waals surface area contributed by atoms with Gasteiger partial charge in [-0.25, -0.2) is 0 Å². The molecule has 1 N–H and O–H groups in total. The Kier molecular flexibility index (Phi) is 7.16. The minimum absolute atomic E-state index is 0.152. The van der Waals surface area contributed by atoms with Crippen LogP contribution < -0.4 is 14.8 Å². The quantitative estimate of drug-likeness (QED) is 0.357. The predicted octanol–water partition coefficient (Wildman–Crippen LogP) is 4.82. The number of rotatable bonds is 9. The van der Waals surface area contributed by atoms with Crippen molar-refractivity contribution < 1.29 is 14.3 Å². The molecule has 0 radical (unpaired) electrons. The lowest BCUT2D eigenvalue weighted by atomic mass is 9.95. The number of thiophene rings is 1. The van der Waals surface area contributed by atoms with E-state index < -0.39 is 0 Å². The summed E-state index contributed by atoms with van der Waals surface area (Å²) in [5.41, 5.74) is 3.16. The van der Waals surface area contributed by atoms with E-state index in [4.69, 9.17) is 9.47 Å². The van der Waals surface area contributed by atoms with E-state index in [-0.39, 0.29) is 11.7 Å². The van der Waals surface area contributed by atoms with Crippen molar-refractivity contribution in [1.82, 2.24) is 14.8 Å². The molecule has 0 spiro atoms. The molecule has 7 nitrogen and oxygen atoms in total. The number of allylic oxidation sites excluding steroid dienone is 1. The zero-order valence-electron chi connectivity index (χ0n) is 18.2. The third-order valence-electron chi connectivity index (χ3n) is 5.35. The summed E-state index contributed by atoms with van der Waals surface area (Å²) in [5.74, 6) is 2.11. The van der Waals surface area contributed by atoms with Crippen molar-refractivity contribution in [2.75, 3.05) is 25.3 Å². The number of carbonyl (C=O) groups is 1. The molecule has 0 saturated heterocycles. The van der Waals surface area contributed by atoms with Gasteiger partial charge in [0.25, 0.3) is 0 Å². The summed E-state index contributed by atoms with van der Waals surface area (Å²) in [5, 5.41) is 14.7. The standard InChI is InChI=1S/C23H26N4O3S2/c1-4-11-27-22(17-13-31-20-8-6-5-7-16(17)20)25-26-23(27)32-14-21(28)24-18-10-9-15(29-2)12-19(18)30-3/h4,9-10,12-13H,1,5-8,11,14H2,2-3H3,(H,24,28). The number of benzene rings is 1. The first-order chi connectivity index (χ1) is 15.6. The fraction of sp³-hybridized carbons (Fsp3) is 0.348. The third-order valence-corrected chi connectivity index (χ3v) is 7.40. The number of carbonyl (C=O) groups excluding carboxylic acids is 1. The van der Waals surface area contributed by atoms with Crippen LogP contribution >= 0.6 is 23.1 Å². The Balaban J connectivity index is 1.49. The summed E-state index contributed by atoms with van der Waals surface area (Å²) in [7, 11) is 3.14. The van der Waals surface area contributed by atoms with E-state index in [9.17, 15) is 4.79 Å². The third kappa shape index (κ3) is 4.68. The summed E-state index contributed by atoms with van der Waals surface area (Å²) in [6.45, 7) is 4.47.